The lowest BCUT2D eigenvalue weighted by Crippen LogP contribution is -2.38. The first kappa shape index (κ1) is 13.5. The predicted molar refractivity (Wildman–Crippen MR) is 67.3 cm³/mol. The van der Waals surface area contributed by atoms with Crippen LogP contribution >= 0.6 is 0 Å². The van der Waals surface area contributed by atoms with Crippen LogP contribution in [0.2, 0.25) is 0 Å². The summed E-state index contributed by atoms with van der Waals surface area (Å²) < 4.78 is 17.6. The number of fused-ring (bicyclic) bond motifs is 1. The van der Waals surface area contributed by atoms with Gasteiger partial charge in [-0.05, 0) is 19.3 Å². The Hall–Kier alpha value is -0.460. The van der Waals surface area contributed by atoms with Gasteiger partial charge in [-0.25, -0.2) is 0 Å². The Morgan fingerprint density at radius 3 is 2.63 bits per heavy atom. The van der Waals surface area contributed by atoms with Crippen molar-refractivity contribution in [1.82, 2.24) is 0 Å². The van der Waals surface area contributed by atoms with Crippen LogP contribution in [0.1, 0.15) is 38.5 Å². The number of rotatable bonds is 3. The van der Waals surface area contributed by atoms with Crippen LogP contribution in [0.25, 0.3) is 0 Å². The molecule has 108 valence electrons. The third-order valence-electron chi connectivity index (χ3n) is 4.15. The van der Waals surface area contributed by atoms with E-state index in [1.165, 1.54) is 6.42 Å². The molecule has 1 aliphatic carbocycles. The van der Waals surface area contributed by atoms with Gasteiger partial charge in [0.25, 0.3) is 0 Å². The van der Waals surface area contributed by atoms with Crippen LogP contribution in [0.15, 0.2) is 12.2 Å². The van der Waals surface area contributed by atoms with Crippen LogP contribution in [0.5, 0.6) is 0 Å². The zero-order valence-electron chi connectivity index (χ0n) is 11.0. The maximum absolute atomic E-state index is 10.2. The van der Waals surface area contributed by atoms with E-state index in [-0.39, 0.29) is 12.7 Å². The highest BCUT2D eigenvalue weighted by molar-refractivity contribution is 5.04. The second kappa shape index (κ2) is 5.50. The van der Waals surface area contributed by atoms with Crippen molar-refractivity contribution in [3.63, 3.8) is 0 Å². The Labute approximate surface area is 113 Å². The van der Waals surface area contributed by atoms with Crippen molar-refractivity contribution in [2.45, 2.75) is 68.9 Å². The molecule has 0 aromatic heterocycles. The molecule has 1 saturated carbocycles. The van der Waals surface area contributed by atoms with Crippen LogP contribution in [0.4, 0.5) is 0 Å². The molecule has 2 saturated heterocycles. The van der Waals surface area contributed by atoms with Gasteiger partial charge < -0.3 is 24.4 Å². The van der Waals surface area contributed by atoms with E-state index in [1.54, 1.807) is 6.08 Å². The Balaban J connectivity index is 1.61. The van der Waals surface area contributed by atoms with Gasteiger partial charge >= 0.3 is 0 Å². The second-order valence-electron chi connectivity index (χ2n) is 5.57. The van der Waals surface area contributed by atoms with Crippen molar-refractivity contribution in [3.8, 4) is 0 Å². The van der Waals surface area contributed by atoms with Gasteiger partial charge in [-0.15, -0.1) is 0 Å². The summed E-state index contributed by atoms with van der Waals surface area (Å²) in [7, 11) is 0. The molecule has 0 amide bonds. The van der Waals surface area contributed by atoms with Crippen molar-refractivity contribution >= 4 is 0 Å². The summed E-state index contributed by atoms with van der Waals surface area (Å²) in [6.07, 6.45) is 7.42. The molecule has 5 nitrogen and oxygen atoms in total. The minimum Gasteiger partial charge on any atom is -0.396 e. The van der Waals surface area contributed by atoms with Crippen LogP contribution in [-0.4, -0.2) is 47.2 Å². The lowest BCUT2D eigenvalue weighted by Gasteiger charge is -2.33. The Morgan fingerprint density at radius 1 is 1.16 bits per heavy atom. The second-order valence-corrected chi connectivity index (χ2v) is 5.57. The van der Waals surface area contributed by atoms with Gasteiger partial charge in [-0.1, -0.05) is 18.6 Å². The number of aliphatic hydroxyl groups excluding tert-OH is 2. The van der Waals surface area contributed by atoms with E-state index in [1.807, 2.05) is 6.08 Å². The minimum absolute atomic E-state index is 0.0995. The van der Waals surface area contributed by atoms with E-state index >= 15 is 0 Å². The van der Waals surface area contributed by atoms with Gasteiger partial charge in [0.2, 0.25) is 0 Å². The summed E-state index contributed by atoms with van der Waals surface area (Å²) in [5.41, 5.74) is 0. The lowest BCUT2D eigenvalue weighted by atomic mass is 9.94. The van der Waals surface area contributed by atoms with Crippen LogP contribution < -0.4 is 0 Å². The molecule has 0 aromatic rings. The molecule has 2 heterocycles. The third kappa shape index (κ3) is 2.58. The molecule has 0 bridgehead atoms. The van der Waals surface area contributed by atoms with Crippen molar-refractivity contribution < 1.29 is 24.4 Å². The highest BCUT2D eigenvalue weighted by Crippen LogP contribution is 2.45. The molecule has 2 aliphatic heterocycles. The van der Waals surface area contributed by atoms with Gasteiger partial charge in [-0.2, -0.15) is 0 Å². The van der Waals surface area contributed by atoms with E-state index in [4.69, 9.17) is 19.3 Å². The normalized spacial score (nSPS) is 41.2. The molecular weight excluding hydrogens is 248 g/mol. The Kier molecular flexibility index (Phi) is 3.91. The number of hydrogen-bond donors (Lipinski definition) is 2. The van der Waals surface area contributed by atoms with Crippen molar-refractivity contribution in [1.29, 1.82) is 0 Å². The fraction of sp³-hybridized carbons (Fsp3) is 0.857. The van der Waals surface area contributed by atoms with Gasteiger partial charge in [0, 0.05) is 19.4 Å². The fourth-order valence-corrected chi connectivity index (χ4v) is 3.16. The van der Waals surface area contributed by atoms with E-state index < -0.39 is 24.3 Å². The quantitative estimate of drug-likeness (QED) is 0.751. The molecule has 1 spiro atoms. The maximum Gasteiger partial charge on any atom is 0.190 e. The molecule has 3 fully saturated rings. The van der Waals surface area contributed by atoms with E-state index in [2.05, 4.69) is 0 Å². The largest absolute Gasteiger partial charge is 0.396 e. The highest BCUT2D eigenvalue weighted by atomic mass is 16.8. The smallest absolute Gasteiger partial charge is 0.190 e. The summed E-state index contributed by atoms with van der Waals surface area (Å²) in [6.45, 7) is 0.0995. The molecule has 3 rings (SSSR count). The molecule has 19 heavy (non-hydrogen) atoms. The van der Waals surface area contributed by atoms with Crippen LogP contribution in [0.3, 0.4) is 0 Å². The zero-order chi connectivity index (χ0) is 13.3. The maximum atomic E-state index is 10.2. The zero-order valence-corrected chi connectivity index (χ0v) is 11.0. The van der Waals surface area contributed by atoms with Gasteiger partial charge in [0.15, 0.2) is 12.1 Å². The standard InChI is InChI=1S/C14H22O5/c15-9-5-2-6-10-11(16)12-13(17-10)19-14(18-12)7-3-1-4-8-14/h2,6,10-13,15-16H,1,3-5,7-9H2/b6-2-/t10-,11+,12-,13-/m1/s1. The number of ether oxygens (including phenoxy) is 3. The topological polar surface area (TPSA) is 68.2 Å². The predicted octanol–water partition coefficient (Wildman–Crippen LogP) is 1.09. The van der Waals surface area contributed by atoms with Crippen LogP contribution in [-0.2, 0) is 14.2 Å². The number of hydrogen-bond acceptors (Lipinski definition) is 5. The van der Waals surface area contributed by atoms with Crippen molar-refractivity contribution in [2.75, 3.05) is 6.61 Å². The lowest BCUT2D eigenvalue weighted by molar-refractivity contribution is -0.241. The van der Waals surface area contributed by atoms with E-state index in [0.717, 1.165) is 25.7 Å². The summed E-state index contributed by atoms with van der Waals surface area (Å²) >= 11 is 0. The average Bonchev–Trinajstić information content (AvgIpc) is 2.88. The first-order chi connectivity index (χ1) is 9.24. The molecular formula is C14H22O5. The summed E-state index contributed by atoms with van der Waals surface area (Å²) in [5, 5.41) is 19.0. The van der Waals surface area contributed by atoms with Gasteiger partial charge in [0.05, 0.1) is 0 Å². The van der Waals surface area contributed by atoms with Crippen LogP contribution in [0, 0.1) is 0 Å². The first-order valence-electron chi connectivity index (χ1n) is 7.21. The van der Waals surface area contributed by atoms with Gasteiger partial charge in [-0.3, -0.25) is 0 Å². The third-order valence-corrected chi connectivity index (χ3v) is 4.15. The van der Waals surface area contributed by atoms with Gasteiger partial charge in [0.1, 0.15) is 18.3 Å². The summed E-state index contributed by atoms with van der Waals surface area (Å²) in [6, 6.07) is 0. The molecule has 0 unspecified atom stereocenters. The van der Waals surface area contributed by atoms with E-state index in [0.29, 0.717) is 6.42 Å². The monoisotopic (exact) mass is 270 g/mol. The van der Waals surface area contributed by atoms with Crippen molar-refractivity contribution in [3.05, 3.63) is 12.2 Å². The molecule has 2 N–H and O–H groups in total. The molecule has 3 aliphatic rings. The highest BCUT2D eigenvalue weighted by Gasteiger charge is 2.56. The molecule has 5 heteroatoms. The summed E-state index contributed by atoms with van der Waals surface area (Å²) in [5.74, 6) is -0.519. The Morgan fingerprint density at radius 2 is 1.95 bits per heavy atom. The molecule has 0 aromatic carbocycles. The first-order valence-corrected chi connectivity index (χ1v) is 7.21. The average molecular weight is 270 g/mol. The fourth-order valence-electron chi connectivity index (χ4n) is 3.16. The Bertz CT molecular complexity index is 337. The summed E-state index contributed by atoms with van der Waals surface area (Å²) in [4.78, 5) is 0. The molecule has 4 atom stereocenters. The molecule has 0 radical (unpaired) electrons. The number of aliphatic hydroxyl groups is 2. The van der Waals surface area contributed by atoms with Crippen molar-refractivity contribution in [2.24, 2.45) is 0 Å². The minimum atomic E-state index is -0.693. The SMILES string of the molecule is OCC/C=C\[C@H]1O[C@@H]2OC3(CCCCC3)O[C@@H]2[C@H]1O. The van der Waals surface area contributed by atoms with E-state index in [9.17, 15) is 5.11 Å².